The molecule has 1 N–H and O–H groups in total. The summed E-state index contributed by atoms with van der Waals surface area (Å²) in [6.45, 7) is 6.22. The summed E-state index contributed by atoms with van der Waals surface area (Å²) in [7, 11) is 0. The highest BCUT2D eigenvalue weighted by Crippen LogP contribution is 2.01. The van der Waals surface area contributed by atoms with Gasteiger partial charge in [0.1, 0.15) is 0 Å². The van der Waals surface area contributed by atoms with Crippen LogP contribution in [0.1, 0.15) is 19.0 Å². The molecule has 4 nitrogen and oxygen atoms in total. The average molecular weight is 232 g/mol. The summed E-state index contributed by atoms with van der Waals surface area (Å²) in [5.74, 6) is 0. The quantitative estimate of drug-likeness (QED) is 0.740. The number of nitrogens with one attached hydrogen (secondary N) is 1. The van der Waals surface area contributed by atoms with Gasteiger partial charge in [-0.3, -0.25) is 0 Å². The summed E-state index contributed by atoms with van der Waals surface area (Å²) in [5.41, 5.74) is 1.36. The molecular formula is C13H20N4. The standard InChI is InChI=1S/C13H20N4/c1-2-17-9-3-5-13(17)11-14-6-4-8-16-10-7-15-12-16/h3,5,7,9-10,12,14H,2,4,6,8,11H2,1H3. The van der Waals surface area contributed by atoms with Gasteiger partial charge in [-0.05, 0) is 32.0 Å². The van der Waals surface area contributed by atoms with Gasteiger partial charge in [-0.1, -0.05) is 0 Å². The van der Waals surface area contributed by atoms with E-state index < -0.39 is 0 Å². The van der Waals surface area contributed by atoms with E-state index in [9.17, 15) is 0 Å². The minimum absolute atomic E-state index is 0.949. The Balaban J connectivity index is 1.63. The lowest BCUT2D eigenvalue weighted by Crippen LogP contribution is -2.18. The molecule has 0 spiro atoms. The van der Waals surface area contributed by atoms with Crippen molar-refractivity contribution >= 4 is 0 Å². The van der Waals surface area contributed by atoms with Crippen LogP contribution in [0.4, 0.5) is 0 Å². The van der Waals surface area contributed by atoms with Gasteiger partial charge in [-0.15, -0.1) is 0 Å². The van der Waals surface area contributed by atoms with Crippen LogP contribution < -0.4 is 5.32 Å². The van der Waals surface area contributed by atoms with Crippen molar-refractivity contribution in [1.82, 2.24) is 19.4 Å². The van der Waals surface area contributed by atoms with Crippen molar-refractivity contribution in [3.63, 3.8) is 0 Å². The second-order valence-electron chi connectivity index (χ2n) is 4.12. The smallest absolute Gasteiger partial charge is 0.0945 e. The zero-order valence-corrected chi connectivity index (χ0v) is 10.3. The highest BCUT2D eigenvalue weighted by Gasteiger charge is 1.97. The Morgan fingerprint density at radius 1 is 1.35 bits per heavy atom. The maximum atomic E-state index is 4.02. The van der Waals surface area contributed by atoms with E-state index in [0.29, 0.717) is 0 Å². The summed E-state index contributed by atoms with van der Waals surface area (Å²) < 4.78 is 4.37. The highest BCUT2D eigenvalue weighted by atomic mass is 15.0. The minimum atomic E-state index is 0.949. The van der Waals surface area contributed by atoms with Crippen LogP contribution >= 0.6 is 0 Å². The van der Waals surface area contributed by atoms with Gasteiger partial charge in [-0.25, -0.2) is 4.98 Å². The molecule has 0 saturated heterocycles. The number of aryl methyl sites for hydroxylation is 2. The maximum absolute atomic E-state index is 4.02. The molecule has 0 aliphatic heterocycles. The molecule has 0 saturated carbocycles. The number of rotatable bonds is 7. The number of hydrogen-bond donors (Lipinski definition) is 1. The molecule has 0 radical (unpaired) electrons. The Kier molecular flexibility index (Phi) is 4.38. The number of hydrogen-bond acceptors (Lipinski definition) is 2. The topological polar surface area (TPSA) is 34.8 Å². The van der Waals surface area contributed by atoms with E-state index in [1.165, 1.54) is 5.69 Å². The fourth-order valence-electron chi connectivity index (χ4n) is 1.94. The van der Waals surface area contributed by atoms with Crippen molar-refractivity contribution in [2.24, 2.45) is 0 Å². The monoisotopic (exact) mass is 232 g/mol. The molecule has 0 atom stereocenters. The number of imidazole rings is 1. The molecule has 0 fully saturated rings. The Bertz CT molecular complexity index is 416. The van der Waals surface area contributed by atoms with E-state index in [-0.39, 0.29) is 0 Å². The molecule has 0 aliphatic rings. The van der Waals surface area contributed by atoms with Crippen molar-refractivity contribution in [2.45, 2.75) is 33.0 Å². The van der Waals surface area contributed by atoms with Crippen molar-refractivity contribution in [2.75, 3.05) is 6.54 Å². The van der Waals surface area contributed by atoms with Crippen molar-refractivity contribution < 1.29 is 0 Å². The van der Waals surface area contributed by atoms with E-state index in [4.69, 9.17) is 0 Å². The molecule has 4 heteroatoms. The molecule has 0 aliphatic carbocycles. The Hall–Kier alpha value is -1.55. The summed E-state index contributed by atoms with van der Waals surface area (Å²) in [5, 5.41) is 3.47. The average Bonchev–Trinajstić information content (AvgIpc) is 2.98. The van der Waals surface area contributed by atoms with Crippen molar-refractivity contribution in [1.29, 1.82) is 0 Å². The molecule has 92 valence electrons. The summed E-state index contributed by atoms with van der Waals surface area (Å²) in [6, 6.07) is 4.28. The van der Waals surface area contributed by atoms with Gasteiger partial charge < -0.3 is 14.5 Å². The van der Waals surface area contributed by atoms with E-state index in [0.717, 1.165) is 32.6 Å². The predicted molar refractivity (Wildman–Crippen MR) is 68.7 cm³/mol. The molecule has 17 heavy (non-hydrogen) atoms. The van der Waals surface area contributed by atoms with Crippen molar-refractivity contribution in [3.8, 4) is 0 Å². The molecule has 0 aromatic carbocycles. The van der Waals surface area contributed by atoms with E-state index in [1.54, 1.807) is 0 Å². The third-order valence-corrected chi connectivity index (χ3v) is 2.90. The molecule has 2 aromatic rings. The zero-order chi connectivity index (χ0) is 11.9. The Morgan fingerprint density at radius 3 is 3.06 bits per heavy atom. The first-order valence-electron chi connectivity index (χ1n) is 6.20. The van der Waals surface area contributed by atoms with E-state index in [1.807, 2.05) is 18.7 Å². The second-order valence-corrected chi connectivity index (χ2v) is 4.12. The van der Waals surface area contributed by atoms with Crippen LogP contribution in [0.3, 0.4) is 0 Å². The van der Waals surface area contributed by atoms with Gasteiger partial charge in [0.05, 0.1) is 6.33 Å². The lowest BCUT2D eigenvalue weighted by molar-refractivity contribution is 0.565. The molecule has 2 heterocycles. The van der Waals surface area contributed by atoms with Crippen LogP contribution in [0.15, 0.2) is 37.1 Å². The fourth-order valence-corrected chi connectivity index (χ4v) is 1.94. The Labute approximate surface area is 102 Å². The molecule has 2 aromatic heterocycles. The van der Waals surface area contributed by atoms with Gasteiger partial charge in [0.25, 0.3) is 0 Å². The van der Waals surface area contributed by atoms with Gasteiger partial charge >= 0.3 is 0 Å². The number of aromatic nitrogens is 3. The van der Waals surface area contributed by atoms with Gasteiger partial charge in [-0.2, -0.15) is 0 Å². The summed E-state index contributed by atoms with van der Waals surface area (Å²) in [6.07, 6.45) is 8.94. The predicted octanol–water partition coefficient (Wildman–Crippen LogP) is 1.88. The van der Waals surface area contributed by atoms with Crippen LogP contribution in [0.5, 0.6) is 0 Å². The minimum Gasteiger partial charge on any atom is -0.351 e. The molecule has 0 amide bonds. The molecule has 0 bridgehead atoms. The van der Waals surface area contributed by atoms with Crippen LogP contribution in [0.25, 0.3) is 0 Å². The largest absolute Gasteiger partial charge is 0.351 e. The number of nitrogens with zero attached hydrogens (tertiary/aromatic N) is 3. The normalized spacial score (nSPS) is 10.9. The first-order chi connectivity index (χ1) is 8.40. The van der Waals surface area contributed by atoms with Gasteiger partial charge in [0.15, 0.2) is 0 Å². The van der Waals surface area contributed by atoms with Crippen LogP contribution in [-0.2, 0) is 19.6 Å². The van der Waals surface area contributed by atoms with E-state index in [2.05, 4.69) is 44.7 Å². The lowest BCUT2D eigenvalue weighted by atomic mass is 10.3. The lowest BCUT2D eigenvalue weighted by Gasteiger charge is -2.08. The SMILES string of the molecule is CCn1cccc1CNCCCn1ccnc1. The fraction of sp³-hybridized carbons (Fsp3) is 0.462. The second kappa shape index (κ2) is 6.25. The zero-order valence-electron chi connectivity index (χ0n) is 10.3. The summed E-state index contributed by atoms with van der Waals surface area (Å²) in [4.78, 5) is 4.02. The van der Waals surface area contributed by atoms with Gasteiger partial charge in [0.2, 0.25) is 0 Å². The van der Waals surface area contributed by atoms with Crippen LogP contribution in [0.2, 0.25) is 0 Å². The third kappa shape index (κ3) is 3.46. The highest BCUT2D eigenvalue weighted by molar-refractivity contribution is 5.06. The van der Waals surface area contributed by atoms with Crippen LogP contribution in [-0.4, -0.2) is 20.7 Å². The van der Waals surface area contributed by atoms with Crippen LogP contribution in [0, 0.1) is 0 Å². The van der Waals surface area contributed by atoms with E-state index >= 15 is 0 Å². The maximum Gasteiger partial charge on any atom is 0.0945 e. The molecule has 0 unspecified atom stereocenters. The first kappa shape index (κ1) is 11.9. The first-order valence-corrected chi connectivity index (χ1v) is 6.20. The third-order valence-electron chi connectivity index (χ3n) is 2.90. The van der Waals surface area contributed by atoms with Gasteiger partial charge in [0, 0.05) is 43.9 Å². The Morgan fingerprint density at radius 2 is 2.29 bits per heavy atom. The van der Waals surface area contributed by atoms with Crippen molar-refractivity contribution in [3.05, 3.63) is 42.7 Å². The molecule has 2 rings (SSSR count). The molecular weight excluding hydrogens is 212 g/mol. The summed E-state index contributed by atoms with van der Waals surface area (Å²) >= 11 is 0.